The number of carbonyl (C=O) groups excluding carboxylic acids is 1. The average molecular weight is 429 g/mol. The molecule has 1 aliphatic carbocycles. The van der Waals surface area contributed by atoms with Gasteiger partial charge in [0.2, 0.25) is 0 Å². The van der Waals surface area contributed by atoms with Gasteiger partial charge >= 0.3 is 0 Å². The Kier molecular flexibility index (Phi) is 6.02. The molecule has 0 saturated heterocycles. The zero-order valence-electron chi connectivity index (χ0n) is 18.8. The molecule has 0 saturated carbocycles. The Bertz CT molecular complexity index is 1120. The zero-order chi connectivity index (χ0) is 22.8. The Labute approximate surface area is 189 Å². The van der Waals surface area contributed by atoms with E-state index in [4.69, 9.17) is 10.5 Å². The van der Waals surface area contributed by atoms with Crippen LogP contribution in [0.15, 0.2) is 71.2 Å². The van der Waals surface area contributed by atoms with Crippen LogP contribution in [0.1, 0.15) is 41.9 Å². The number of hydrogen-bond donors (Lipinski definition) is 1. The second-order valence-electron chi connectivity index (χ2n) is 8.48. The van der Waals surface area contributed by atoms with Crippen LogP contribution in [0, 0.1) is 18.3 Å². The monoisotopic (exact) mass is 428 g/mol. The third-order valence-corrected chi connectivity index (χ3v) is 6.03. The fourth-order valence-electron chi connectivity index (χ4n) is 4.47. The minimum atomic E-state index is -0.454. The summed E-state index contributed by atoms with van der Waals surface area (Å²) in [6.07, 6.45) is 2.04. The van der Waals surface area contributed by atoms with Crippen LogP contribution in [-0.2, 0) is 11.4 Å². The first-order chi connectivity index (χ1) is 15.4. The molecule has 0 spiro atoms. The molecule has 32 heavy (non-hydrogen) atoms. The van der Waals surface area contributed by atoms with Crippen molar-refractivity contribution >= 4 is 5.78 Å². The molecule has 2 aliphatic rings. The number of hydrogen-bond acceptors (Lipinski definition) is 6. The Morgan fingerprint density at radius 1 is 1.12 bits per heavy atom. The molecule has 2 aromatic carbocycles. The van der Waals surface area contributed by atoms with Gasteiger partial charge in [0.25, 0.3) is 0 Å². The number of carbonyl (C=O) groups is 1. The van der Waals surface area contributed by atoms with Crippen LogP contribution in [0.3, 0.4) is 0 Å². The SMILES string of the molecule is Cc1ccc(COc2ccc(C3C(C#N)=C(N)N(N(C)C)C4=C3C(=O)CCC4)cc2)cc1. The summed E-state index contributed by atoms with van der Waals surface area (Å²) in [7, 11) is 3.73. The Morgan fingerprint density at radius 3 is 2.44 bits per heavy atom. The van der Waals surface area contributed by atoms with Crippen LogP contribution in [0.4, 0.5) is 0 Å². The van der Waals surface area contributed by atoms with Crippen LogP contribution in [-0.4, -0.2) is 29.9 Å². The molecule has 0 fully saturated rings. The van der Waals surface area contributed by atoms with E-state index >= 15 is 0 Å². The maximum atomic E-state index is 13.0. The molecule has 164 valence electrons. The molecular weight excluding hydrogens is 400 g/mol. The molecule has 4 rings (SSSR count). The van der Waals surface area contributed by atoms with E-state index in [0.29, 0.717) is 30.0 Å². The van der Waals surface area contributed by atoms with Crippen molar-refractivity contribution in [2.75, 3.05) is 14.1 Å². The third kappa shape index (κ3) is 4.00. The summed E-state index contributed by atoms with van der Waals surface area (Å²) in [6, 6.07) is 18.1. The van der Waals surface area contributed by atoms with E-state index < -0.39 is 5.92 Å². The predicted molar refractivity (Wildman–Crippen MR) is 123 cm³/mol. The molecule has 1 atom stereocenters. The number of ketones is 1. The molecule has 2 N–H and O–H groups in total. The normalized spacial score (nSPS) is 18.7. The zero-order valence-corrected chi connectivity index (χ0v) is 18.8. The molecule has 0 amide bonds. The number of hydrazine groups is 1. The van der Waals surface area contributed by atoms with Crippen molar-refractivity contribution in [1.82, 2.24) is 10.0 Å². The van der Waals surface area contributed by atoms with E-state index in [1.165, 1.54) is 5.56 Å². The number of nitriles is 1. The Balaban J connectivity index is 1.65. The largest absolute Gasteiger partial charge is 0.489 e. The van der Waals surface area contributed by atoms with Crippen molar-refractivity contribution < 1.29 is 9.53 Å². The van der Waals surface area contributed by atoms with Gasteiger partial charge in [-0.2, -0.15) is 5.26 Å². The summed E-state index contributed by atoms with van der Waals surface area (Å²) in [5.41, 5.74) is 11.6. The second kappa shape index (κ2) is 8.89. The molecule has 6 nitrogen and oxygen atoms in total. The molecule has 0 bridgehead atoms. The minimum Gasteiger partial charge on any atom is -0.489 e. The topological polar surface area (TPSA) is 82.6 Å². The van der Waals surface area contributed by atoms with Crippen molar-refractivity contribution in [2.45, 2.75) is 38.7 Å². The van der Waals surface area contributed by atoms with E-state index in [1.54, 1.807) is 5.01 Å². The van der Waals surface area contributed by atoms with Gasteiger partial charge in [-0.25, -0.2) is 5.01 Å². The Morgan fingerprint density at radius 2 is 1.81 bits per heavy atom. The third-order valence-electron chi connectivity index (χ3n) is 6.03. The van der Waals surface area contributed by atoms with Gasteiger partial charge in [-0.3, -0.25) is 9.80 Å². The lowest BCUT2D eigenvalue weighted by atomic mass is 9.76. The first kappa shape index (κ1) is 21.7. The summed E-state index contributed by atoms with van der Waals surface area (Å²) >= 11 is 0. The molecule has 6 heteroatoms. The van der Waals surface area contributed by atoms with Crippen molar-refractivity contribution in [3.05, 3.63) is 87.9 Å². The number of nitrogens with zero attached hydrogens (tertiary/aromatic N) is 3. The van der Waals surface area contributed by atoms with Crippen molar-refractivity contribution in [1.29, 1.82) is 5.26 Å². The highest BCUT2D eigenvalue weighted by atomic mass is 16.5. The highest BCUT2D eigenvalue weighted by molar-refractivity contribution is 5.99. The predicted octanol–water partition coefficient (Wildman–Crippen LogP) is 4.15. The molecule has 2 aromatic rings. The molecule has 0 aromatic heterocycles. The fraction of sp³-hybridized carbons (Fsp3) is 0.308. The van der Waals surface area contributed by atoms with Gasteiger partial charge in [0.1, 0.15) is 18.2 Å². The number of benzene rings is 2. The van der Waals surface area contributed by atoms with Gasteiger partial charge in [-0.1, -0.05) is 42.0 Å². The summed E-state index contributed by atoms with van der Waals surface area (Å²) in [5, 5.41) is 13.6. The summed E-state index contributed by atoms with van der Waals surface area (Å²) < 4.78 is 5.93. The Hall–Kier alpha value is -3.56. The van der Waals surface area contributed by atoms with E-state index in [1.807, 2.05) is 43.4 Å². The molecule has 1 unspecified atom stereocenters. The summed E-state index contributed by atoms with van der Waals surface area (Å²) in [4.78, 5) is 13.0. The molecule has 1 aliphatic heterocycles. The van der Waals surface area contributed by atoms with Crippen molar-refractivity contribution in [3.63, 3.8) is 0 Å². The van der Waals surface area contributed by atoms with E-state index in [2.05, 4.69) is 37.3 Å². The van der Waals surface area contributed by atoms with Gasteiger partial charge < -0.3 is 10.5 Å². The van der Waals surface area contributed by atoms with Gasteiger partial charge in [-0.15, -0.1) is 0 Å². The molecule has 1 heterocycles. The molecule has 0 radical (unpaired) electrons. The van der Waals surface area contributed by atoms with Crippen molar-refractivity contribution in [3.8, 4) is 11.8 Å². The number of rotatable bonds is 5. The maximum Gasteiger partial charge on any atom is 0.161 e. The number of ether oxygens (including phenoxy) is 1. The molecular formula is C26H28N4O2. The van der Waals surface area contributed by atoms with E-state index in [0.717, 1.165) is 35.4 Å². The quantitative estimate of drug-likeness (QED) is 0.770. The summed E-state index contributed by atoms with van der Waals surface area (Å²) in [5.74, 6) is 0.753. The van der Waals surface area contributed by atoms with Crippen molar-refractivity contribution in [2.24, 2.45) is 5.73 Å². The lowest BCUT2D eigenvalue weighted by molar-refractivity contribution is -0.116. The number of allylic oxidation sites excluding steroid dienone is 3. The standard InChI is InChI=1S/C26H28N4O2/c1-17-7-9-18(10-8-17)16-32-20-13-11-19(12-14-20)24-21(15-27)26(28)30(29(2)3)22-5-4-6-23(31)25(22)24/h7-14,24H,4-6,16,28H2,1-3H3. The summed E-state index contributed by atoms with van der Waals surface area (Å²) in [6.45, 7) is 2.53. The van der Waals surface area contributed by atoms with Crippen LogP contribution < -0.4 is 10.5 Å². The smallest absolute Gasteiger partial charge is 0.161 e. The first-order valence-corrected chi connectivity index (χ1v) is 10.8. The second-order valence-corrected chi connectivity index (χ2v) is 8.48. The van der Waals surface area contributed by atoms with Crippen LogP contribution in [0.25, 0.3) is 0 Å². The number of nitrogens with two attached hydrogens (primary N) is 1. The van der Waals surface area contributed by atoms with Crippen LogP contribution in [0.5, 0.6) is 5.75 Å². The van der Waals surface area contributed by atoms with Gasteiger partial charge in [0, 0.05) is 31.8 Å². The van der Waals surface area contributed by atoms with Gasteiger partial charge in [-0.05, 0) is 43.0 Å². The number of aryl methyl sites for hydroxylation is 1. The maximum absolute atomic E-state index is 13.0. The van der Waals surface area contributed by atoms with E-state index in [-0.39, 0.29) is 5.78 Å². The first-order valence-electron chi connectivity index (χ1n) is 10.8. The lowest BCUT2D eigenvalue weighted by Gasteiger charge is -2.42. The number of Topliss-reactive ketones (excluding diaryl/α,β-unsaturated/α-hetero) is 1. The van der Waals surface area contributed by atoms with Gasteiger partial charge in [0.15, 0.2) is 5.78 Å². The van der Waals surface area contributed by atoms with E-state index in [9.17, 15) is 10.1 Å². The fourth-order valence-corrected chi connectivity index (χ4v) is 4.47. The highest BCUT2D eigenvalue weighted by Crippen LogP contribution is 2.45. The van der Waals surface area contributed by atoms with Gasteiger partial charge in [0.05, 0.1) is 17.6 Å². The minimum absolute atomic E-state index is 0.0862. The highest BCUT2D eigenvalue weighted by Gasteiger charge is 2.40. The lowest BCUT2D eigenvalue weighted by Crippen LogP contribution is -2.45. The average Bonchev–Trinajstić information content (AvgIpc) is 2.78. The van der Waals surface area contributed by atoms with Crippen LogP contribution >= 0.6 is 0 Å². The van der Waals surface area contributed by atoms with Crippen LogP contribution in [0.2, 0.25) is 0 Å².